The molecule has 0 spiro atoms. The van der Waals surface area contributed by atoms with Gasteiger partial charge in [0.2, 0.25) is 23.6 Å². The molecule has 12 heteroatoms. The van der Waals surface area contributed by atoms with Gasteiger partial charge in [-0.05, 0) is 36.1 Å². The van der Waals surface area contributed by atoms with Crippen molar-refractivity contribution in [3.8, 4) is 0 Å². The molecule has 0 radical (unpaired) electrons. The number of likely N-dealkylation sites (N-methyl/N-ethyl adjacent to an activating group) is 2. The third kappa shape index (κ3) is 10.0. The van der Waals surface area contributed by atoms with Crippen LogP contribution >= 0.6 is 23.5 Å². The van der Waals surface area contributed by atoms with Gasteiger partial charge in [0.15, 0.2) is 0 Å². The number of amides is 4. The molecular formula is C30H42N4O6S2. The zero-order valence-corrected chi connectivity index (χ0v) is 26.4. The molecule has 0 bridgehead atoms. The largest absolute Gasteiger partial charge is 0.389 e. The van der Waals surface area contributed by atoms with Gasteiger partial charge in [-0.2, -0.15) is 0 Å². The number of carbonyl (C=O) groups excluding carboxylic acids is 4. The summed E-state index contributed by atoms with van der Waals surface area (Å²) in [5.41, 5.74) is 0. The number of nitrogens with one attached hydrogen (secondary N) is 4. The lowest BCUT2D eigenvalue weighted by Gasteiger charge is -2.32. The third-order valence-electron chi connectivity index (χ3n) is 6.49. The van der Waals surface area contributed by atoms with E-state index in [1.54, 1.807) is 88.4 Å². The minimum atomic E-state index is -1.74. The molecule has 0 heterocycles. The number of hydrogen-bond donors (Lipinski definition) is 6. The predicted molar refractivity (Wildman–Crippen MR) is 166 cm³/mol. The van der Waals surface area contributed by atoms with Crippen LogP contribution in [-0.2, 0) is 19.2 Å². The Balaban J connectivity index is 2.47. The number of rotatable bonds is 15. The van der Waals surface area contributed by atoms with Crippen LogP contribution in [0.4, 0.5) is 0 Å². The van der Waals surface area contributed by atoms with Crippen molar-refractivity contribution < 1.29 is 29.4 Å². The van der Waals surface area contributed by atoms with E-state index < -0.39 is 58.4 Å². The molecular weight excluding hydrogens is 576 g/mol. The fourth-order valence-electron chi connectivity index (χ4n) is 4.06. The first-order chi connectivity index (χ1) is 19.9. The molecule has 0 aromatic heterocycles. The molecule has 0 unspecified atom stereocenters. The van der Waals surface area contributed by atoms with Crippen LogP contribution < -0.4 is 21.3 Å². The van der Waals surface area contributed by atoms with Gasteiger partial charge in [0.25, 0.3) is 0 Å². The summed E-state index contributed by atoms with van der Waals surface area (Å²) in [5, 5.41) is 31.0. The van der Waals surface area contributed by atoms with Crippen molar-refractivity contribution >= 4 is 47.2 Å². The SMILES string of the molecule is CNC(=O)[C@@H](NC(=O)[C@H](Sc1ccccc1)[C@H](O)[C@@H](O)[C@@H](Sc1ccccc1)C(=O)N[C@H](C(=O)NC)C(C)C)C(C)C. The van der Waals surface area contributed by atoms with Gasteiger partial charge < -0.3 is 31.5 Å². The monoisotopic (exact) mass is 618 g/mol. The predicted octanol–water partition coefficient (Wildman–Crippen LogP) is 1.80. The summed E-state index contributed by atoms with van der Waals surface area (Å²) in [4.78, 5) is 53.5. The first-order valence-electron chi connectivity index (χ1n) is 13.7. The number of benzene rings is 2. The van der Waals surface area contributed by atoms with Crippen molar-refractivity contribution in [2.24, 2.45) is 11.8 Å². The maximum absolute atomic E-state index is 13.6. The van der Waals surface area contributed by atoms with Gasteiger partial charge in [-0.1, -0.05) is 64.1 Å². The molecule has 0 aliphatic carbocycles. The van der Waals surface area contributed by atoms with E-state index in [0.29, 0.717) is 9.79 Å². The van der Waals surface area contributed by atoms with Crippen molar-refractivity contribution in [3.63, 3.8) is 0 Å². The quantitative estimate of drug-likeness (QED) is 0.165. The summed E-state index contributed by atoms with van der Waals surface area (Å²) in [6, 6.07) is 15.9. The summed E-state index contributed by atoms with van der Waals surface area (Å²) in [6.45, 7) is 7.11. The Labute approximate surface area is 256 Å². The van der Waals surface area contributed by atoms with Crippen LogP contribution in [0.1, 0.15) is 27.7 Å². The van der Waals surface area contributed by atoms with Gasteiger partial charge in [-0.3, -0.25) is 19.2 Å². The first-order valence-corrected chi connectivity index (χ1v) is 15.5. The van der Waals surface area contributed by atoms with Crippen molar-refractivity contribution in [2.45, 2.75) is 72.3 Å². The fourth-order valence-corrected chi connectivity index (χ4v) is 6.22. The van der Waals surface area contributed by atoms with Crippen molar-refractivity contribution in [2.75, 3.05) is 14.1 Å². The molecule has 0 aliphatic rings. The molecule has 230 valence electrons. The van der Waals surface area contributed by atoms with Gasteiger partial charge in [-0.15, -0.1) is 23.5 Å². The lowest BCUT2D eigenvalue weighted by atomic mass is 10.0. The second kappa shape index (κ2) is 17.2. The van der Waals surface area contributed by atoms with Gasteiger partial charge in [0.1, 0.15) is 34.8 Å². The summed E-state index contributed by atoms with van der Waals surface area (Å²) in [6.07, 6.45) is -3.48. The molecule has 6 atom stereocenters. The molecule has 10 nitrogen and oxygen atoms in total. The normalized spacial score (nSPS) is 15.6. The molecule has 42 heavy (non-hydrogen) atoms. The molecule has 0 saturated carbocycles. The third-order valence-corrected chi connectivity index (χ3v) is 9.07. The Kier molecular flexibility index (Phi) is 14.3. The average Bonchev–Trinajstić information content (AvgIpc) is 2.99. The Morgan fingerprint density at radius 1 is 0.571 bits per heavy atom. The maximum Gasteiger partial charge on any atom is 0.242 e. The van der Waals surface area contributed by atoms with Crippen molar-refractivity contribution in [1.82, 2.24) is 21.3 Å². The van der Waals surface area contributed by atoms with E-state index in [-0.39, 0.29) is 11.8 Å². The maximum atomic E-state index is 13.6. The van der Waals surface area contributed by atoms with Crippen LogP contribution in [0.5, 0.6) is 0 Å². The topological polar surface area (TPSA) is 157 Å². The van der Waals surface area contributed by atoms with E-state index in [9.17, 15) is 29.4 Å². The Hall–Kier alpha value is -3.06. The highest BCUT2D eigenvalue weighted by Gasteiger charge is 2.42. The Morgan fingerprint density at radius 2 is 0.881 bits per heavy atom. The molecule has 4 amide bonds. The van der Waals surface area contributed by atoms with E-state index in [1.807, 2.05) is 0 Å². The lowest BCUT2D eigenvalue weighted by molar-refractivity contribution is -0.133. The van der Waals surface area contributed by atoms with Crippen LogP contribution in [0.25, 0.3) is 0 Å². The van der Waals surface area contributed by atoms with E-state index in [1.165, 1.54) is 14.1 Å². The summed E-state index contributed by atoms with van der Waals surface area (Å²) in [5.74, 6) is -2.67. The molecule has 2 aromatic carbocycles. The van der Waals surface area contributed by atoms with E-state index in [0.717, 1.165) is 23.5 Å². The van der Waals surface area contributed by atoms with Gasteiger partial charge in [0, 0.05) is 23.9 Å². The molecule has 2 aromatic rings. The van der Waals surface area contributed by atoms with E-state index in [4.69, 9.17) is 0 Å². The van der Waals surface area contributed by atoms with Crippen LogP contribution in [0.2, 0.25) is 0 Å². The summed E-state index contributed by atoms with van der Waals surface area (Å²) < 4.78 is 0. The molecule has 2 rings (SSSR count). The van der Waals surface area contributed by atoms with Gasteiger partial charge >= 0.3 is 0 Å². The van der Waals surface area contributed by atoms with Gasteiger partial charge in [0.05, 0.1) is 0 Å². The summed E-state index contributed by atoms with van der Waals surface area (Å²) in [7, 11) is 2.93. The number of aliphatic hydroxyl groups excluding tert-OH is 2. The van der Waals surface area contributed by atoms with E-state index in [2.05, 4.69) is 21.3 Å². The zero-order valence-electron chi connectivity index (χ0n) is 24.7. The van der Waals surface area contributed by atoms with Crippen LogP contribution in [0.3, 0.4) is 0 Å². The highest BCUT2D eigenvalue weighted by Crippen LogP contribution is 2.32. The second-order valence-electron chi connectivity index (χ2n) is 10.4. The number of hydrogen-bond acceptors (Lipinski definition) is 8. The minimum absolute atomic E-state index is 0.261. The second-order valence-corrected chi connectivity index (χ2v) is 12.8. The van der Waals surface area contributed by atoms with Crippen LogP contribution in [0, 0.1) is 11.8 Å². The minimum Gasteiger partial charge on any atom is -0.389 e. The standard InChI is InChI=1S/C30H42N4O6S2/c1-17(2)21(27(37)31-5)33-29(39)25(41-19-13-9-7-10-14-19)23(35)24(36)26(42-20-15-11-8-12-16-20)30(40)34-22(18(3)4)28(38)32-6/h7-18,21-26,35-36H,1-6H3,(H,31,37)(H,32,38)(H,33,39)(H,34,40)/t21-,22-,23+,24+,25+,26+/m0/s1. The molecule has 6 N–H and O–H groups in total. The Bertz CT molecular complexity index is 1080. The molecule has 0 fully saturated rings. The van der Waals surface area contributed by atoms with Crippen LogP contribution in [-0.4, -0.2) is 82.7 Å². The van der Waals surface area contributed by atoms with E-state index >= 15 is 0 Å². The molecule has 0 aliphatic heterocycles. The average molecular weight is 619 g/mol. The van der Waals surface area contributed by atoms with Crippen LogP contribution in [0.15, 0.2) is 70.5 Å². The summed E-state index contributed by atoms with van der Waals surface area (Å²) >= 11 is 2.02. The highest BCUT2D eigenvalue weighted by atomic mass is 32.2. The number of thioether (sulfide) groups is 2. The molecule has 0 saturated heterocycles. The van der Waals surface area contributed by atoms with Crippen molar-refractivity contribution in [1.29, 1.82) is 0 Å². The first kappa shape index (κ1) is 35.1. The number of aliphatic hydroxyl groups is 2. The fraction of sp³-hybridized carbons (Fsp3) is 0.467. The smallest absolute Gasteiger partial charge is 0.242 e. The van der Waals surface area contributed by atoms with Crippen molar-refractivity contribution in [3.05, 3.63) is 60.7 Å². The lowest BCUT2D eigenvalue weighted by Crippen LogP contribution is -2.58. The van der Waals surface area contributed by atoms with Gasteiger partial charge in [-0.25, -0.2) is 0 Å². The zero-order chi connectivity index (χ0) is 31.4. The highest BCUT2D eigenvalue weighted by molar-refractivity contribution is 8.01. The Morgan fingerprint density at radius 3 is 1.14 bits per heavy atom. The number of carbonyl (C=O) groups is 4.